The average molecular weight is 304 g/mol. The van der Waals surface area contributed by atoms with Gasteiger partial charge in [0.1, 0.15) is 5.60 Å². The van der Waals surface area contributed by atoms with Gasteiger partial charge in [-0.1, -0.05) is 42.5 Å². The minimum Gasteiger partial charge on any atom is -0.455 e. The molecular weight excluding hydrogens is 272 g/mol. The molecule has 0 aliphatic carbocycles. The summed E-state index contributed by atoms with van der Waals surface area (Å²) < 4.78 is 5.30. The van der Waals surface area contributed by atoms with E-state index in [4.69, 9.17) is 4.74 Å². The quantitative estimate of drug-likeness (QED) is 0.285. The van der Waals surface area contributed by atoms with Gasteiger partial charge in [-0.25, -0.2) is 0 Å². The zero-order valence-corrected chi connectivity index (χ0v) is 14.9. The molecular formula is C20H32O2. The van der Waals surface area contributed by atoms with Gasteiger partial charge >= 0.3 is 5.97 Å². The molecule has 0 spiro atoms. The van der Waals surface area contributed by atoms with Gasteiger partial charge in [-0.3, -0.25) is 4.79 Å². The molecule has 0 aromatic rings. The Hall–Kier alpha value is -1.57. The normalized spacial score (nSPS) is 13.6. The van der Waals surface area contributed by atoms with Crippen LogP contribution in [0.5, 0.6) is 0 Å². The Labute approximate surface area is 136 Å². The van der Waals surface area contributed by atoms with Gasteiger partial charge in [0.2, 0.25) is 0 Å². The van der Waals surface area contributed by atoms with Crippen molar-refractivity contribution in [2.45, 2.75) is 72.3 Å². The molecule has 0 radical (unpaired) electrons. The van der Waals surface area contributed by atoms with Crippen LogP contribution in [0.1, 0.15) is 66.7 Å². The summed E-state index contributed by atoms with van der Waals surface area (Å²) in [6, 6.07) is 0. The summed E-state index contributed by atoms with van der Waals surface area (Å²) in [5.74, 6) is -0.241. The van der Waals surface area contributed by atoms with Crippen molar-refractivity contribution >= 4 is 5.97 Å². The number of carbonyl (C=O) groups is 1. The van der Waals surface area contributed by atoms with E-state index in [9.17, 15) is 4.79 Å². The Morgan fingerprint density at radius 1 is 0.909 bits per heavy atom. The summed E-state index contributed by atoms with van der Waals surface area (Å²) in [7, 11) is 0. The molecule has 0 bridgehead atoms. The van der Waals surface area contributed by atoms with Crippen LogP contribution in [0, 0.1) is 0 Å². The van der Waals surface area contributed by atoms with Crippen molar-refractivity contribution in [3.8, 4) is 0 Å². The third-order valence-electron chi connectivity index (χ3n) is 3.48. The van der Waals surface area contributed by atoms with Gasteiger partial charge in [-0.05, 0) is 65.4 Å². The number of allylic oxidation sites excluding steroid dienone is 7. The molecule has 2 nitrogen and oxygen atoms in total. The van der Waals surface area contributed by atoms with Gasteiger partial charge in [-0.2, -0.15) is 0 Å². The molecule has 0 unspecified atom stereocenters. The number of esters is 1. The lowest BCUT2D eigenvalue weighted by Crippen LogP contribution is -2.28. The van der Waals surface area contributed by atoms with E-state index in [1.54, 1.807) is 0 Å². The van der Waals surface area contributed by atoms with Crippen molar-refractivity contribution < 1.29 is 9.53 Å². The van der Waals surface area contributed by atoms with Crippen molar-refractivity contribution in [3.05, 3.63) is 48.1 Å². The monoisotopic (exact) mass is 304 g/mol. The second kappa shape index (κ2) is 12.0. The fourth-order valence-electron chi connectivity index (χ4n) is 1.93. The predicted octanol–water partition coefficient (Wildman–Crippen LogP) is 5.91. The molecule has 0 saturated carbocycles. The van der Waals surface area contributed by atoms with E-state index < -0.39 is 5.60 Å². The zero-order chi connectivity index (χ0) is 16.8. The SMILES string of the molecule is CC=CCCC=CCCC=CCC=C(C)C(C)(C)OC(C)=O. The van der Waals surface area contributed by atoms with Crippen LogP contribution in [0.3, 0.4) is 0 Å². The van der Waals surface area contributed by atoms with Crippen LogP contribution >= 0.6 is 0 Å². The molecule has 0 atom stereocenters. The highest BCUT2D eigenvalue weighted by molar-refractivity contribution is 5.66. The van der Waals surface area contributed by atoms with Crippen molar-refractivity contribution in [2.24, 2.45) is 0 Å². The van der Waals surface area contributed by atoms with Crippen molar-refractivity contribution in [3.63, 3.8) is 0 Å². The third-order valence-corrected chi connectivity index (χ3v) is 3.48. The summed E-state index contributed by atoms with van der Waals surface area (Å²) >= 11 is 0. The van der Waals surface area contributed by atoms with Crippen molar-refractivity contribution in [2.75, 3.05) is 0 Å². The van der Waals surface area contributed by atoms with E-state index in [1.165, 1.54) is 6.92 Å². The maximum absolute atomic E-state index is 11.0. The molecule has 0 aliphatic rings. The Bertz CT molecular complexity index is 423. The maximum Gasteiger partial charge on any atom is 0.303 e. The number of rotatable bonds is 10. The van der Waals surface area contributed by atoms with Crippen LogP contribution in [0.4, 0.5) is 0 Å². The Balaban J connectivity index is 3.94. The first-order valence-electron chi connectivity index (χ1n) is 8.18. The highest BCUT2D eigenvalue weighted by atomic mass is 16.6. The number of ether oxygens (including phenoxy) is 1. The molecule has 0 aromatic heterocycles. The topological polar surface area (TPSA) is 26.3 Å². The number of unbranched alkanes of at least 4 members (excludes halogenated alkanes) is 2. The number of carbonyl (C=O) groups excluding carboxylic acids is 1. The maximum atomic E-state index is 11.0. The minimum atomic E-state index is -0.519. The molecule has 0 amide bonds. The summed E-state index contributed by atoms with van der Waals surface area (Å²) in [6.07, 6.45) is 20.6. The first kappa shape index (κ1) is 20.4. The lowest BCUT2D eigenvalue weighted by Gasteiger charge is -2.25. The largest absolute Gasteiger partial charge is 0.455 e. The fourth-order valence-corrected chi connectivity index (χ4v) is 1.93. The average Bonchev–Trinajstić information content (AvgIpc) is 2.43. The molecule has 0 saturated heterocycles. The van der Waals surface area contributed by atoms with Gasteiger partial charge in [0.15, 0.2) is 0 Å². The smallest absolute Gasteiger partial charge is 0.303 e. The van der Waals surface area contributed by atoms with Crippen molar-refractivity contribution in [1.82, 2.24) is 0 Å². The summed E-state index contributed by atoms with van der Waals surface area (Å²) in [5.41, 5.74) is 0.561. The summed E-state index contributed by atoms with van der Waals surface area (Å²) in [4.78, 5) is 11.0. The Kier molecular flexibility index (Phi) is 11.2. The lowest BCUT2D eigenvalue weighted by atomic mass is 9.98. The van der Waals surface area contributed by atoms with Crippen molar-refractivity contribution in [1.29, 1.82) is 0 Å². The fraction of sp³-hybridized carbons (Fsp3) is 0.550. The Morgan fingerprint density at radius 2 is 1.41 bits per heavy atom. The molecule has 2 heteroatoms. The van der Waals surface area contributed by atoms with Crippen LogP contribution in [0.2, 0.25) is 0 Å². The molecule has 0 N–H and O–H groups in total. The molecule has 124 valence electrons. The third kappa shape index (κ3) is 11.1. The number of hydrogen-bond acceptors (Lipinski definition) is 2. The van der Waals surface area contributed by atoms with E-state index in [0.717, 1.165) is 37.7 Å². The second-order valence-corrected chi connectivity index (χ2v) is 5.89. The van der Waals surface area contributed by atoms with E-state index in [1.807, 2.05) is 20.8 Å². The van der Waals surface area contributed by atoms with Gasteiger partial charge in [0.25, 0.3) is 0 Å². The Morgan fingerprint density at radius 3 is 1.91 bits per heavy atom. The molecule has 0 aromatic carbocycles. The standard InChI is InChI=1S/C20H32O2/c1-6-7-8-9-10-11-12-13-14-15-16-17-18(2)20(4,5)22-19(3)21/h6-7,10-11,14-15,17H,8-9,12-13,16H2,1-5H3. The lowest BCUT2D eigenvalue weighted by molar-refractivity contribution is -0.150. The summed E-state index contributed by atoms with van der Waals surface area (Å²) in [5, 5.41) is 0. The van der Waals surface area contributed by atoms with Crippen LogP contribution in [-0.4, -0.2) is 11.6 Å². The molecule has 0 heterocycles. The molecule has 0 fully saturated rings. The molecule has 0 aliphatic heterocycles. The zero-order valence-electron chi connectivity index (χ0n) is 14.9. The van der Waals surface area contributed by atoms with E-state index in [0.29, 0.717) is 0 Å². The summed E-state index contributed by atoms with van der Waals surface area (Å²) in [6.45, 7) is 9.34. The predicted molar refractivity (Wildman–Crippen MR) is 95.8 cm³/mol. The van der Waals surface area contributed by atoms with Gasteiger partial charge in [0.05, 0.1) is 0 Å². The van der Waals surface area contributed by atoms with E-state index in [-0.39, 0.29) is 5.97 Å². The van der Waals surface area contributed by atoms with E-state index >= 15 is 0 Å². The van der Waals surface area contributed by atoms with Crippen LogP contribution in [0.15, 0.2) is 48.1 Å². The number of hydrogen-bond donors (Lipinski definition) is 0. The molecule has 22 heavy (non-hydrogen) atoms. The van der Waals surface area contributed by atoms with E-state index in [2.05, 4.69) is 49.5 Å². The second-order valence-electron chi connectivity index (χ2n) is 5.89. The van der Waals surface area contributed by atoms with Gasteiger partial charge in [0, 0.05) is 6.92 Å². The van der Waals surface area contributed by atoms with Crippen LogP contribution in [0.25, 0.3) is 0 Å². The van der Waals surface area contributed by atoms with Gasteiger partial charge in [-0.15, -0.1) is 0 Å². The highest BCUT2D eigenvalue weighted by Crippen LogP contribution is 2.21. The van der Waals surface area contributed by atoms with Crippen LogP contribution < -0.4 is 0 Å². The molecule has 0 rings (SSSR count). The van der Waals surface area contributed by atoms with Gasteiger partial charge < -0.3 is 4.74 Å². The first-order chi connectivity index (χ1) is 10.4. The highest BCUT2D eigenvalue weighted by Gasteiger charge is 2.22. The van der Waals surface area contributed by atoms with Crippen LogP contribution in [-0.2, 0) is 9.53 Å². The minimum absolute atomic E-state index is 0.241. The first-order valence-corrected chi connectivity index (χ1v) is 8.18.